The van der Waals surface area contributed by atoms with Crippen LogP contribution in [0.2, 0.25) is 0 Å². The molecule has 1 saturated heterocycles. The number of anilines is 3. The van der Waals surface area contributed by atoms with Gasteiger partial charge in [-0.3, -0.25) is 4.79 Å². The molecule has 8 nitrogen and oxygen atoms in total. The first-order valence-corrected chi connectivity index (χ1v) is 10.6. The average molecular weight is 473 g/mol. The summed E-state index contributed by atoms with van der Waals surface area (Å²) in [4.78, 5) is 32.9. The molecule has 3 aromatic rings. The van der Waals surface area contributed by atoms with E-state index in [4.69, 9.17) is 4.42 Å². The van der Waals surface area contributed by atoms with Gasteiger partial charge in [0, 0.05) is 31.9 Å². The van der Waals surface area contributed by atoms with Gasteiger partial charge < -0.3 is 24.9 Å². The van der Waals surface area contributed by atoms with E-state index >= 15 is 0 Å². The lowest BCUT2D eigenvalue weighted by atomic mass is 10.2. The molecule has 0 atom stereocenters. The molecule has 0 spiro atoms. The fourth-order valence-corrected chi connectivity index (χ4v) is 3.62. The van der Waals surface area contributed by atoms with Crippen LogP contribution in [0.15, 0.2) is 65.4 Å². The van der Waals surface area contributed by atoms with Crippen molar-refractivity contribution < 1.29 is 27.2 Å². The van der Waals surface area contributed by atoms with Crippen molar-refractivity contribution in [1.29, 1.82) is 0 Å². The Kier molecular flexibility index (Phi) is 6.71. The first kappa shape index (κ1) is 23.1. The highest BCUT2D eigenvalue weighted by Crippen LogP contribution is 2.30. The van der Waals surface area contributed by atoms with Crippen LogP contribution in [0.4, 0.5) is 35.2 Å². The SMILES string of the molecule is O=C(Nc1ccc(N2CCCN(C(=O)c3ccco3)CC2)nc1)Nc1cccc(C(F)(F)F)c1. The van der Waals surface area contributed by atoms with E-state index < -0.39 is 17.8 Å². The van der Waals surface area contributed by atoms with E-state index in [0.29, 0.717) is 43.4 Å². The number of aromatic nitrogens is 1. The molecule has 11 heteroatoms. The second-order valence-corrected chi connectivity index (χ2v) is 7.67. The van der Waals surface area contributed by atoms with Crippen molar-refractivity contribution in [3.63, 3.8) is 0 Å². The van der Waals surface area contributed by atoms with Crippen LogP contribution in [-0.2, 0) is 6.18 Å². The van der Waals surface area contributed by atoms with E-state index in [1.165, 1.54) is 24.6 Å². The number of nitrogens with one attached hydrogen (secondary N) is 2. The molecular formula is C23H22F3N5O3. The van der Waals surface area contributed by atoms with Gasteiger partial charge in [-0.15, -0.1) is 0 Å². The van der Waals surface area contributed by atoms with Crippen LogP contribution in [0.25, 0.3) is 0 Å². The van der Waals surface area contributed by atoms with Crippen LogP contribution >= 0.6 is 0 Å². The topological polar surface area (TPSA) is 90.7 Å². The number of nitrogens with zero attached hydrogens (tertiary/aromatic N) is 3. The van der Waals surface area contributed by atoms with Crippen molar-refractivity contribution >= 4 is 29.1 Å². The summed E-state index contributed by atoms with van der Waals surface area (Å²) >= 11 is 0. The van der Waals surface area contributed by atoms with Gasteiger partial charge in [0.25, 0.3) is 5.91 Å². The summed E-state index contributed by atoms with van der Waals surface area (Å²) in [6.45, 7) is 2.41. The van der Waals surface area contributed by atoms with Gasteiger partial charge in [0.15, 0.2) is 5.76 Å². The van der Waals surface area contributed by atoms with Gasteiger partial charge in [0.05, 0.1) is 23.7 Å². The number of furan rings is 1. The number of alkyl halides is 3. The van der Waals surface area contributed by atoms with E-state index in [0.717, 1.165) is 18.6 Å². The van der Waals surface area contributed by atoms with Gasteiger partial charge in [0.2, 0.25) is 0 Å². The Labute approximate surface area is 193 Å². The number of benzene rings is 1. The maximum Gasteiger partial charge on any atom is 0.416 e. The van der Waals surface area contributed by atoms with Crippen LogP contribution in [-0.4, -0.2) is 48.0 Å². The second-order valence-electron chi connectivity index (χ2n) is 7.67. The lowest BCUT2D eigenvalue weighted by Gasteiger charge is -2.22. The highest BCUT2D eigenvalue weighted by Gasteiger charge is 2.30. The van der Waals surface area contributed by atoms with Crippen LogP contribution in [0, 0.1) is 0 Å². The molecule has 2 aromatic heterocycles. The highest BCUT2D eigenvalue weighted by atomic mass is 19.4. The first-order chi connectivity index (χ1) is 16.3. The standard InChI is InChI=1S/C23H22F3N5O3/c24-23(25,26)16-4-1-5-17(14-16)28-22(33)29-18-7-8-20(27-15-18)30-9-3-10-31(12-11-30)21(32)19-6-2-13-34-19/h1-2,4-8,13-15H,3,9-12H2,(H2,28,29,33). The van der Waals surface area contributed by atoms with Gasteiger partial charge in [-0.1, -0.05) is 6.07 Å². The van der Waals surface area contributed by atoms with Crippen molar-refractivity contribution in [2.75, 3.05) is 41.7 Å². The minimum atomic E-state index is -4.50. The molecule has 4 rings (SSSR count). The number of hydrogen-bond acceptors (Lipinski definition) is 5. The molecule has 1 aromatic carbocycles. The smallest absolute Gasteiger partial charge is 0.416 e. The highest BCUT2D eigenvalue weighted by molar-refractivity contribution is 5.99. The van der Waals surface area contributed by atoms with Crippen molar-refractivity contribution in [2.24, 2.45) is 0 Å². The number of amides is 3. The molecule has 1 aliphatic heterocycles. The fourth-order valence-electron chi connectivity index (χ4n) is 3.62. The summed E-state index contributed by atoms with van der Waals surface area (Å²) in [5.41, 5.74) is -0.439. The lowest BCUT2D eigenvalue weighted by molar-refractivity contribution is -0.137. The zero-order valence-corrected chi connectivity index (χ0v) is 18.0. The summed E-state index contributed by atoms with van der Waals surface area (Å²) in [6.07, 6.45) is -0.799. The molecule has 34 heavy (non-hydrogen) atoms. The number of halogens is 3. The summed E-state index contributed by atoms with van der Waals surface area (Å²) in [7, 11) is 0. The largest absolute Gasteiger partial charge is 0.459 e. The van der Waals surface area contributed by atoms with Crippen molar-refractivity contribution in [1.82, 2.24) is 9.88 Å². The number of pyridine rings is 1. The lowest BCUT2D eigenvalue weighted by Crippen LogP contribution is -2.35. The summed E-state index contributed by atoms with van der Waals surface area (Å²) in [6, 6.07) is 10.4. The Morgan fingerprint density at radius 1 is 0.941 bits per heavy atom. The molecule has 2 N–H and O–H groups in total. The Balaban J connectivity index is 1.32. The molecule has 3 amide bonds. The van der Waals surface area contributed by atoms with Crippen molar-refractivity contribution in [2.45, 2.75) is 12.6 Å². The molecule has 1 fully saturated rings. The molecule has 0 unspecified atom stereocenters. The third kappa shape index (κ3) is 5.66. The molecule has 1 aliphatic rings. The van der Waals surface area contributed by atoms with Gasteiger partial charge >= 0.3 is 12.2 Å². The second kappa shape index (κ2) is 9.86. The van der Waals surface area contributed by atoms with E-state index in [1.54, 1.807) is 29.2 Å². The third-order valence-corrected chi connectivity index (χ3v) is 5.29. The predicted octanol–water partition coefficient (Wildman–Crippen LogP) is 4.69. The van der Waals surface area contributed by atoms with Crippen molar-refractivity contribution in [3.8, 4) is 0 Å². The normalized spacial score (nSPS) is 14.4. The number of carbonyl (C=O) groups is 2. The first-order valence-electron chi connectivity index (χ1n) is 10.6. The Hall–Kier alpha value is -4.02. The van der Waals surface area contributed by atoms with E-state index in [1.807, 2.05) is 4.90 Å². The number of rotatable bonds is 4. The maximum atomic E-state index is 12.8. The van der Waals surface area contributed by atoms with Gasteiger partial charge in [-0.25, -0.2) is 9.78 Å². The average Bonchev–Trinajstić information content (AvgIpc) is 3.23. The zero-order chi connectivity index (χ0) is 24.1. The molecule has 3 heterocycles. The molecule has 0 aliphatic carbocycles. The van der Waals surface area contributed by atoms with Crippen LogP contribution in [0.3, 0.4) is 0 Å². The third-order valence-electron chi connectivity index (χ3n) is 5.29. The zero-order valence-electron chi connectivity index (χ0n) is 18.0. The van der Waals surface area contributed by atoms with Gasteiger partial charge in [-0.05, 0) is 48.9 Å². The minimum Gasteiger partial charge on any atom is -0.459 e. The maximum absolute atomic E-state index is 12.8. The minimum absolute atomic E-state index is 0.0233. The molecular weight excluding hydrogens is 451 g/mol. The molecule has 0 radical (unpaired) electrons. The number of hydrogen-bond donors (Lipinski definition) is 2. The van der Waals surface area contributed by atoms with Gasteiger partial charge in [0.1, 0.15) is 5.82 Å². The number of urea groups is 1. The van der Waals surface area contributed by atoms with Gasteiger partial charge in [-0.2, -0.15) is 13.2 Å². The predicted molar refractivity (Wildman–Crippen MR) is 120 cm³/mol. The van der Waals surface area contributed by atoms with E-state index in [9.17, 15) is 22.8 Å². The summed E-state index contributed by atoms with van der Waals surface area (Å²) in [5, 5.41) is 4.94. The Morgan fingerprint density at radius 3 is 2.47 bits per heavy atom. The number of carbonyl (C=O) groups excluding carboxylic acids is 2. The Morgan fingerprint density at radius 2 is 1.76 bits per heavy atom. The van der Waals surface area contributed by atoms with Crippen LogP contribution in [0.1, 0.15) is 22.5 Å². The molecule has 0 bridgehead atoms. The van der Waals surface area contributed by atoms with Crippen LogP contribution < -0.4 is 15.5 Å². The Bertz CT molecular complexity index is 1130. The monoisotopic (exact) mass is 473 g/mol. The van der Waals surface area contributed by atoms with Crippen LogP contribution in [0.5, 0.6) is 0 Å². The summed E-state index contributed by atoms with van der Waals surface area (Å²) < 4.78 is 43.7. The van der Waals surface area contributed by atoms with Crippen molar-refractivity contribution in [3.05, 3.63) is 72.3 Å². The quantitative estimate of drug-likeness (QED) is 0.574. The summed E-state index contributed by atoms with van der Waals surface area (Å²) in [5.74, 6) is 0.854. The molecule has 0 saturated carbocycles. The van der Waals surface area contributed by atoms with E-state index in [2.05, 4.69) is 15.6 Å². The van der Waals surface area contributed by atoms with E-state index in [-0.39, 0.29) is 11.6 Å². The fraction of sp³-hybridized carbons (Fsp3) is 0.261. The molecule has 178 valence electrons.